The van der Waals surface area contributed by atoms with Crippen LogP contribution in [0.4, 0.5) is 11.9 Å². The molecule has 1 aromatic heterocycles. The van der Waals surface area contributed by atoms with Gasteiger partial charge in [-0.05, 0) is 26.5 Å². The Morgan fingerprint density at radius 2 is 1.88 bits per heavy atom. The van der Waals surface area contributed by atoms with Crippen LogP contribution >= 0.6 is 11.8 Å². The SMILES string of the molecule is CCNc1nc(NC(C)CC)nc(SC)n1. The monoisotopic (exact) mass is 241 g/mol. The normalized spacial score (nSPS) is 12.2. The standard InChI is InChI=1S/C10H19N5S/c1-5-7(3)12-9-13-8(11-6-2)14-10(15-9)16-4/h7H,5-6H2,1-4H3,(H2,11,12,13,14,15). The van der Waals surface area contributed by atoms with Crippen molar-refractivity contribution >= 4 is 23.7 Å². The summed E-state index contributed by atoms with van der Waals surface area (Å²) in [5.41, 5.74) is 0. The highest BCUT2D eigenvalue weighted by molar-refractivity contribution is 7.98. The first-order valence-corrected chi connectivity index (χ1v) is 6.72. The fourth-order valence-electron chi connectivity index (χ4n) is 1.07. The molecule has 6 heteroatoms. The van der Waals surface area contributed by atoms with Crippen LogP contribution in [0.2, 0.25) is 0 Å². The number of anilines is 2. The van der Waals surface area contributed by atoms with Crippen molar-refractivity contribution in [2.45, 2.75) is 38.4 Å². The molecule has 0 aliphatic carbocycles. The van der Waals surface area contributed by atoms with Crippen LogP contribution < -0.4 is 10.6 Å². The summed E-state index contributed by atoms with van der Waals surface area (Å²) in [5, 5.41) is 7.08. The molecular weight excluding hydrogens is 222 g/mol. The summed E-state index contributed by atoms with van der Waals surface area (Å²) in [4.78, 5) is 12.9. The van der Waals surface area contributed by atoms with Gasteiger partial charge in [0, 0.05) is 12.6 Å². The zero-order chi connectivity index (χ0) is 12.0. The summed E-state index contributed by atoms with van der Waals surface area (Å²) in [5.74, 6) is 1.28. The Kier molecular flexibility index (Phi) is 5.31. The Morgan fingerprint density at radius 3 is 2.44 bits per heavy atom. The summed E-state index contributed by atoms with van der Waals surface area (Å²) in [6, 6.07) is 0.367. The van der Waals surface area contributed by atoms with Gasteiger partial charge in [0.15, 0.2) is 5.16 Å². The van der Waals surface area contributed by atoms with Crippen molar-refractivity contribution in [1.29, 1.82) is 0 Å². The summed E-state index contributed by atoms with van der Waals surface area (Å²) in [7, 11) is 0. The van der Waals surface area contributed by atoms with E-state index in [0.29, 0.717) is 17.9 Å². The number of nitrogens with one attached hydrogen (secondary N) is 2. The van der Waals surface area contributed by atoms with E-state index in [1.807, 2.05) is 13.2 Å². The molecule has 90 valence electrons. The molecule has 0 spiro atoms. The number of hydrogen-bond acceptors (Lipinski definition) is 6. The second kappa shape index (κ2) is 6.52. The van der Waals surface area contributed by atoms with E-state index in [9.17, 15) is 0 Å². The lowest BCUT2D eigenvalue weighted by Crippen LogP contribution is -2.17. The van der Waals surface area contributed by atoms with Crippen molar-refractivity contribution in [2.24, 2.45) is 0 Å². The zero-order valence-corrected chi connectivity index (χ0v) is 11.1. The maximum atomic E-state index is 4.31. The predicted octanol–water partition coefficient (Wildman–Crippen LogP) is 2.24. The lowest BCUT2D eigenvalue weighted by molar-refractivity contribution is 0.743. The van der Waals surface area contributed by atoms with Crippen LogP contribution in [0, 0.1) is 0 Å². The van der Waals surface area contributed by atoms with E-state index in [0.717, 1.165) is 18.1 Å². The fraction of sp³-hybridized carbons (Fsp3) is 0.700. The van der Waals surface area contributed by atoms with Gasteiger partial charge in [-0.1, -0.05) is 18.7 Å². The maximum absolute atomic E-state index is 4.31. The summed E-state index contributed by atoms with van der Waals surface area (Å²) in [6.45, 7) is 7.06. The molecule has 0 bridgehead atoms. The van der Waals surface area contributed by atoms with Crippen molar-refractivity contribution in [3.8, 4) is 0 Å². The van der Waals surface area contributed by atoms with Crippen LogP contribution in [-0.2, 0) is 0 Å². The number of rotatable bonds is 6. The molecule has 16 heavy (non-hydrogen) atoms. The molecule has 0 aliphatic rings. The summed E-state index contributed by atoms with van der Waals surface area (Å²) < 4.78 is 0. The highest BCUT2D eigenvalue weighted by atomic mass is 32.2. The van der Waals surface area contributed by atoms with Gasteiger partial charge < -0.3 is 10.6 Å². The zero-order valence-electron chi connectivity index (χ0n) is 10.2. The third-order valence-electron chi connectivity index (χ3n) is 2.12. The van der Waals surface area contributed by atoms with E-state index in [1.54, 1.807) is 0 Å². The average Bonchev–Trinajstić information content (AvgIpc) is 2.29. The minimum atomic E-state index is 0.367. The van der Waals surface area contributed by atoms with Crippen molar-refractivity contribution in [3.05, 3.63) is 0 Å². The minimum Gasteiger partial charge on any atom is -0.354 e. The molecular formula is C10H19N5S. The Bertz CT molecular complexity index is 331. The quantitative estimate of drug-likeness (QED) is 0.745. The third-order valence-corrected chi connectivity index (χ3v) is 2.67. The van der Waals surface area contributed by atoms with Crippen LogP contribution in [0.1, 0.15) is 27.2 Å². The second-order valence-corrected chi connectivity index (χ2v) is 4.23. The molecule has 0 amide bonds. The van der Waals surface area contributed by atoms with Gasteiger partial charge in [-0.3, -0.25) is 0 Å². The van der Waals surface area contributed by atoms with E-state index >= 15 is 0 Å². The molecule has 0 radical (unpaired) electrons. The van der Waals surface area contributed by atoms with E-state index in [-0.39, 0.29) is 0 Å². The van der Waals surface area contributed by atoms with E-state index in [4.69, 9.17) is 0 Å². The van der Waals surface area contributed by atoms with Crippen molar-refractivity contribution in [2.75, 3.05) is 23.4 Å². The largest absolute Gasteiger partial charge is 0.354 e. The van der Waals surface area contributed by atoms with E-state index < -0.39 is 0 Å². The average molecular weight is 241 g/mol. The van der Waals surface area contributed by atoms with Gasteiger partial charge in [0.1, 0.15) is 0 Å². The smallest absolute Gasteiger partial charge is 0.228 e. The Morgan fingerprint density at radius 1 is 1.19 bits per heavy atom. The molecule has 0 saturated heterocycles. The molecule has 0 aliphatic heterocycles. The summed E-state index contributed by atoms with van der Waals surface area (Å²) >= 11 is 1.52. The molecule has 5 nitrogen and oxygen atoms in total. The first-order valence-electron chi connectivity index (χ1n) is 5.50. The number of aromatic nitrogens is 3. The fourth-order valence-corrected chi connectivity index (χ4v) is 1.43. The molecule has 0 aromatic carbocycles. The van der Waals surface area contributed by atoms with Gasteiger partial charge >= 0.3 is 0 Å². The van der Waals surface area contributed by atoms with Gasteiger partial charge in [-0.2, -0.15) is 15.0 Å². The first-order chi connectivity index (χ1) is 7.69. The van der Waals surface area contributed by atoms with Crippen LogP contribution in [0.25, 0.3) is 0 Å². The molecule has 0 saturated carbocycles. The maximum Gasteiger partial charge on any atom is 0.228 e. The highest BCUT2D eigenvalue weighted by Gasteiger charge is 2.07. The van der Waals surface area contributed by atoms with Gasteiger partial charge in [0.25, 0.3) is 0 Å². The van der Waals surface area contributed by atoms with Gasteiger partial charge in [0.2, 0.25) is 11.9 Å². The molecule has 2 N–H and O–H groups in total. The lowest BCUT2D eigenvalue weighted by atomic mass is 10.3. The molecule has 1 rings (SSSR count). The molecule has 1 atom stereocenters. The van der Waals surface area contributed by atoms with Crippen LogP contribution in [0.5, 0.6) is 0 Å². The number of nitrogens with zero attached hydrogens (tertiary/aromatic N) is 3. The van der Waals surface area contributed by atoms with Gasteiger partial charge in [-0.15, -0.1) is 0 Å². The van der Waals surface area contributed by atoms with Crippen molar-refractivity contribution in [3.63, 3.8) is 0 Å². The van der Waals surface area contributed by atoms with E-state index in [2.05, 4.69) is 39.4 Å². The Hall–Kier alpha value is -1.04. The van der Waals surface area contributed by atoms with E-state index in [1.165, 1.54) is 11.8 Å². The molecule has 1 aromatic rings. The predicted molar refractivity (Wildman–Crippen MR) is 69.1 cm³/mol. The van der Waals surface area contributed by atoms with Gasteiger partial charge in [0.05, 0.1) is 0 Å². The molecule has 0 fully saturated rings. The minimum absolute atomic E-state index is 0.367. The number of hydrogen-bond donors (Lipinski definition) is 2. The van der Waals surface area contributed by atoms with Crippen molar-refractivity contribution < 1.29 is 0 Å². The van der Waals surface area contributed by atoms with Crippen molar-refractivity contribution in [1.82, 2.24) is 15.0 Å². The second-order valence-electron chi connectivity index (χ2n) is 3.45. The first kappa shape index (κ1) is 13.0. The van der Waals surface area contributed by atoms with Gasteiger partial charge in [-0.25, -0.2) is 0 Å². The topological polar surface area (TPSA) is 62.7 Å². The summed E-state index contributed by atoms with van der Waals surface area (Å²) in [6.07, 6.45) is 2.99. The highest BCUT2D eigenvalue weighted by Crippen LogP contribution is 2.14. The van der Waals surface area contributed by atoms with Crippen LogP contribution in [-0.4, -0.2) is 33.8 Å². The Balaban J connectivity index is 2.85. The Labute approximate surface area is 101 Å². The van der Waals surface area contributed by atoms with Crippen LogP contribution in [0.15, 0.2) is 5.16 Å². The molecule has 1 heterocycles. The lowest BCUT2D eigenvalue weighted by Gasteiger charge is -2.12. The van der Waals surface area contributed by atoms with Crippen LogP contribution in [0.3, 0.4) is 0 Å². The molecule has 1 unspecified atom stereocenters. The third kappa shape index (κ3) is 3.84. The number of thioether (sulfide) groups is 1.